The molecule has 21 heavy (non-hydrogen) atoms. The van der Waals surface area contributed by atoms with E-state index in [0.717, 1.165) is 19.3 Å². The number of unbranched alkanes of at least 4 members (excludes halogenated alkanes) is 2. The highest BCUT2D eigenvalue weighted by Crippen LogP contribution is 2.35. The molecule has 1 aliphatic heterocycles. The third kappa shape index (κ3) is 5.53. The minimum atomic E-state index is -0.415. The summed E-state index contributed by atoms with van der Waals surface area (Å²) in [7, 11) is 1.39. The van der Waals surface area contributed by atoms with E-state index in [9.17, 15) is 9.59 Å². The maximum absolute atomic E-state index is 12.6. The summed E-state index contributed by atoms with van der Waals surface area (Å²) in [5, 5.41) is 0.121. The maximum Gasteiger partial charge on any atom is 0.329 e. The molecule has 5 heteroatoms. The topological polar surface area (TPSA) is 46.6 Å². The SMILES string of the molecule is CCCCCC1SCC(C(=O)OC)N1C(=O)CC(C)(C)C. The Labute approximate surface area is 133 Å². The van der Waals surface area contributed by atoms with Crippen LogP contribution in [0.3, 0.4) is 0 Å². The molecule has 0 aromatic carbocycles. The van der Waals surface area contributed by atoms with Crippen LogP contribution in [0, 0.1) is 5.41 Å². The monoisotopic (exact) mass is 315 g/mol. The lowest BCUT2D eigenvalue weighted by molar-refractivity contribution is -0.152. The number of carbonyl (C=O) groups excluding carboxylic acids is 2. The molecule has 0 radical (unpaired) electrons. The van der Waals surface area contributed by atoms with Crippen molar-refractivity contribution in [3.05, 3.63) is 0 Å². The third-order valence-electron chi connectivity index (χ3n) is 3.59. The quantitative estimate of drug-likeness (QED) is 0.556. The van der Waals surface area contributed by atoms with Gasteiger partial charge >= 0.3 is 5.97 Å². The van der Waals surface area contributed by atoms with Crippen LogP contribution in [0.1, 0.15) is 59.8 Å². The Kier molecular flexibility index (Phi) is 7.04. The van der Waals surface area contributed by atoms with Crippen molar-refractivity contribution in [1.29, 1.82) is 0 Å². The average molecular weight is 315 g/mol. The molecule has 1 rings (SSSR count). The predicted molar refractivity (Wildman–Crippen MR) is 87.1 cm³/mol. The highest BCUT2D eigenvalue weighted by atomic mass is 32.2. The van der Waals surface area contributed by atoms with Gasteiger partial charge in [0, 0.05) is 12.2 Å². The Balaban J connectivity index is 2.79. The lowest BCUT2D eigenvalue weighted by Gasteiger charge is -2.30. The molecule has 2 unspecified atom stereocenters. The Hall–Kier alpha value is -0.710. The number of thioether (sulfide) groups is 1. The molecule has 1 amide bonds. The molecular formula is C16H29NO3S. The fourth-order valence-electron chi connectivity index (χ4n) is 2.55. The maximum atomic E-state index is 12.6. The van der Waals surface area contributed by atoms with Gasteiger partial charge in [0.1, 0.15) is 6.04 Å². The van der Waals surface area contributed by atoms with Gasteiger partial charge in [-0.25, -0.2) is 4.79 Å². The van der Waals surface area contributed by atoms with E-state index >= 15 is 0 Å². The van der Waals surface area contributed by atoms with Crippen LogP contribution in [-0.4, -0.2) is 41.1 Å². The third-order valence-corrected chi connectivity index (χ3v) is 4.95. The van der Waals surface area contributed by atoms with Crippen molar-refractivity contribution in [2.45, 2.75) is 71.2 Å². The van der Waals surface area contributed by atoms with Gasteiger partial charge in [0.15, 0.2) is 0 Å². The van der Waals surface area contributed by atoms with E-state index in [-0.39, 0.29) is 22.7 Å². The van der Waals surface area contributed by atoms with E-state index < -0.39 is 6.04 Å². The van der Waals surface area contributed by atoms with Crippen LogP contribution < -0.4 is 0 Å². The van der Waals surface area contributed by atoms with Gasteiger partial charge in [0.25, 0.3) is 0 Å². The van der Waals surface area contributed by atoms with E-state index in [1.54, 1.807) is 16.7 Å². The Morgan fingerprint density at radius 1 is 1.29 bits per heavy atom. The fraction of sp³-hybridized carbons (Fsp3) is 0.875. The first-order valence-corrected chi connectivity index (χ1v) is 8.85. The molecule has 0 N–H and O–H groups in total. The summed E-state index contributed by atoms with van der Waals surface area (Å²) in [6.07, 6.45) is 4.85. The average Bonchev–Trinajstić information content (AvgIpc) is 2.80. The molecule has 4 nitrogen and oxygen atoms in total. The van der Waals surface area contributed by atoms with E-state index in [0.29, 0.717) is 12.2 Å². The van der Waals surface area contributed by atoms with Crippen LogP contribution in [0.4, 0.5) is 0 Å². The largest absolute Gasteiger partial charge is 0.467 e. The first-order chi connectivity index (χ1) is 9.80. The molecule has 1 fully saturated rings. The molecule has 0 saturated carbocycles. The second-order valence-electron chi connectivity index (χ2n) is 6.86. The van der Waals surface area contributed by atoms with Gasteiger partial charge in [0.05, 0.1) is 12.5 Å². The smallest absolute Gasteiger partial charge is 0.329 e. The van der Waals surface area contributed by atoms with Crippen LogP contribution in [0.2, 0.25) is 0 Å². The summed E-state index contributed by atoms with van der Waals surface area (Å²) in [6, 6.07) is -0.415. The lowest BCUT2D eigenvalue weighted by atomic mass is 9.91. The molecule has 0 aliphatic carbocycles. The standard InChI is InChI=1S/C16H29NO3S/c1-6-7-8-9-14-17(13(18)10-16(2,3)4)12(11-21-14)15(19)20-5/h12,14H,6-11H2,1-5H3. The van der Waals surface area contributed by atoms with Gasteiger partial charge in [-0.3, -0.25) is 4.79 Å². The van der Waals surface area contributed by atoms with Crippen molar-refractivity contribution in [2.24, 2.45) is 5.41 Å². The number of nitrogens with zero attached hydrogens (tertiary/aromatic N) is 1. The first kappa shape index (κ1) is 18.3. The Morgan fingerprint density at radius 2 is 1.95 bits per heavy atom. The van der Waals surface area contributed by atoms with Crippen molar-refractivity contribution in [3.63, 3.8) is 0 Å². The zero-order chi connectivity index (χ0) is 16.0. The van der Waals surface area contributed by atoms with Crippen molar-refractivity contribution < 1.29 is 14.3 Å². The molecule has 1 heterocycles. The molecule has 0 spiro atoms. The van der Waals surface area contributed by atoms with Crippen molar-refractivity contribution >= 4 is 23.6 Å². The van der Waals surface area contributed by atoms with Gasteiger partial charge in [-0.15, -0.1) is 11.8 Å². The highest BCUT2D eigenvalue weighted by molar-refractivity contribution is 8.00. The molecular weight excluding hydrogens is 286 g/mol. The molecule has 2 atom stereocenters. The van der Waals surface area contributed by atoms with Crippen molar-refractivity contribution in [2.75, 3.05) is 12.9 Å². The zero-order valence-electron chi connectivity index (χ0n) is 14.0. The highest BCUT2D eigenvalue weighted by Gasteiger charge is 2.42. The summed E-state index contributed by atoms with van der Waals surface area (Å²) in [6.45, 7) is 8.32. The predicted octanol–water partition coefficient (Wildman–Crippen LogP) is 3.45. The number of esters is 1. The lowest BCUT2D eigenvalue weighted by Crippen LogP contribution is -2.47. The number of rotatable bonds is 6. The summed E-state index contributed by atoms with van der Waals surface area (Å²) < 4.78 is 4.87. The summed E-state index contributed by atoms with van der Waals surface area (Å²) >= 11 is 1.71. The summed E-state index contributed by atoms with van der Waals surface area (Å²) in [5.41, 5.74) is -0.0705. The van der Waals surface area contributed by atoms with Crippen LogP contribution in [-0.2, 0) is 14.3 Å². The number of methoxy groups -OCH3 is 1. The Bertz CT molecular complexity index is 365. The Morgan fingerprint density at radius 3 is 2.48 bits per heavy atom. The van der Waals surface area contributed by atoms with Crippen LogP contribution in [0.15, 0.2) is 0 Å². The van der Waals surface area contributed by atoms with Crippen molar-refractivity contribution in [3.8, 4) is 0 Å². The van der Waals surface area contributed by atoms with Gasteiger partial charge in [-0.2, -0.15) is 0 Å². The van der Waals surface area contributed by atoms with Crippen LogP contribution >= 0.6 is 11.8 Å². The van der Waals surface area contributed by atoms with Gasteiger partial charge in [0.2, 0.25) is 5.91 Å². The number of carbonyl (C=O) groups is 2. The second kappa shape index (κ2) is 8.06. The summed E-state index contributed by atoms with van der Waals surface area (Å²) in [4.78, 5) is 26.4. The molecule has 1 aliphatic rings. The number of hydrogen-bond donors (Lipinski definition) is 0. The summed E-state index contributed by atoms with van der Waals surface area (Å²) in [5.74, 6) is 0.437. The molecule has 0 aromatic heterocycles. The van der Waals surface area contributed by atoms with E-state index in [1.165, 1.54) is 13.5 Å². The second-order valence-corrected chi connectivity index (χ2v) is 8.07. The van der Waals surface area contributed by atoms with E-state index in [1.807, 2.05) is 20.8 Å². The number of amides is 1. The van der Waals surface area contributed by atoms with Crippen molar-refractivity contribution in [1.82, 2.24) is 4.90 Å². The van der Waals surface area contributed by atoms with Crippen LogP contribution in [0.25, 0.3) is 0 Å². The first-order valence-electron chi connectivity index (χ1n) is 7.80. The van der Waals surface area contributed by atoms with Gasteiger partial charge in [-0.05, 0) is 11.8 Å². The minimum Gasteiger partial charge on any atom is -0.467 e. The van der Waals surface area contributed by atoms with E-state index in [4.69, 9.17) is 4.74 Å². The van der Waals surface area contributed by atoms with Gasteiger partial charge in [-0.1, -0.05) is 47.0 Å². The molecule has 0 aromatic rings. The van der Waals surface area contributed by atoms with Crippen LogP contribution in [0.5, 0.6) is 0 Å². The van der Waals surface area contributed by atoms with E-state index in [2.05, 4.69) is 6.92 Å². The molecule has 0 bridgehead atoms. The zero-order valence-corrected chi connectivity index (χ0v) is 14.8. The number of ether oxygens (including phenoxy) is 1. The fourth-order valence-corrected chi connectivity index (χ4v) is 4.01. The normalized spacial score (nSPS) is 22.4. The minimum absolute atomic E-state index is 0.0705. The number of hydrogen-bond acceptors (Lipinski definition) is 4. The van der Waals surface area contributed by atoms with Gasteiger partial charge < -0.3 is 9.64 Å². The molecule has 1 saturated heterocycles. The molecule has 122 valence electrons.